The summed E-state index contributed by atoms with van der Waals surface area (Å²) in [6.07, 6.45) is 1.66. The van der Waals surface area contributed by atoms with E-state index in [1.54, 1.807) is 34.9 Å². The van der Waals surface area contributed by atoms with Gasteiger partial charge in [0.15, 0.2) is 5.16 Å². The second kappa shape index (κ2) is 10.1. The Bertz CT molecular complexity index is 1360. The molecule has 8 heteroatoms. The molecule has 0 aliphatic rings. The lowest BCUT2D eigenvalue weighted by Crippen LogP contribution is -2.23. The van der Waals surface area contributed by atoms with Crippen LogP contribution in [0.5, 0.6) is 11.5 Å². The van der Waals surface area contributed by atoms with Crippen molar-refractivity contribution in [1.82, 2.24) is 9.55 Å². The summed E-state index contributed by atoms with van der Waals surface area (Å²) >= 11 is 2.73. The Morgan fingerprint density at radius 2 is 1.85 bits per heavy atom. The van der Waals surface area contributed by atoms with Crippen LogP contribution in [0.3, 0.4) is 0 Å². The number of aryl methyl sites for hydroxylation is 2. The highest BCUT2D eigenvalue weighted by Crippen LogP contribution is 2.28. The lowest BCUT2D eigenvalue weighted by Gasteiger charge is -2.11. The van der Waals surface area contributed by atoms with E-state index in [-0.39, 0.29) is 17.2 Å². The molecule has 2 aromatic carbocycles. The fourth-order valence-corrected chi connectivity index (χ4v) is 5.15. The number of fused-ring (bicyclic) bond motifs is 1. The van der Waals surface area contributed by atoms with Crippen LogP contribution in [0.2, 0.25) is 0 Å². The molecular formula is C25H23N3O3S2. The molecule has 4 rings (SSSR count). The van der Waals surface area contributed by atoms with Gasteiger partial charge in [-0.3, -0.25) is 14.2 Å². The second-order valence-corrected chi connectivity index (χ2v) is 9.48. The number of anilines is 1. The van der Waals surface area contributed by atoms with Gasteiger partial charge in [-0.25, -0.2) is 4.98 Å². The minimum absolute atomic E-state index is 0.0985. The minimum Gasteiger partial charge on any atom is -0.457 e. The minimum atomic E-state index is -0.185. The van der Waals surface area contributed by atoms with Gasteiger partial charge in [-0.15, -0.1) is 17.9 Å². The highest BCUT2D eigenvalue weighted by atomic mass is 32.2. The zero-order valence-electron chi connectivity index (χ0n) is 18.3. The van der Waals surface area contributed by atoms with E-state index in [2.05, 4.69) is 16.9 Å². The van der Waals surface area contributed by atoms with Crippen LogP contribution in [0, 0.1) is 13.8 Å². The summed E-state index contributed by atoms with van der Waals surface area (Å²) in [7, 11) is 0. The van der Waals surface area contributed by atoms with E-state index in [4.69, 9.17) is 4.74 Å². The standard InChI is InChI=1S/C25H23N3O3S2/c1-4-14-28-24(30)22-16(2)17(3)33-23(22)27-25(28)32-15-21(29)26-18-10-12-20(13-11-18)31-19-8-6-5-7-9-19/h4-13H,1,14-15H2,2-3H3,(H,26,29). The first kappa shape index (κ1) is 22.8. The molecule has 1 N–H and O–H groups in total. The number of benzene rings is 2. The molecular weight excluding hydrogens is 454 g/mol. The van der Waals surface area contributed by atoms with Crippen LogP contribution in [0.25, 0.3) is 10.2 Å². The summed E-state index contributed by atoms with van der Waals surface area (Å²) < 4.78 is 7.34. The summed E-state index contributed by atoms with van der Waals surface area (Å²) in [5, 5.41) is 4.03. The Labute approximate surface area is 199 Å². The molecule has 1 amide bonds. The fourth-order valence-electron chi connectivity index (χ4n) is 3.27. The van der Waals surface area contributed by atoms with Crippen LogP contribution < -0.4 is 15.6 Å². The molecule has 0 spiro atoms. The molecule has 168 valence electrons. The summed E-state index contributed by atoms with van der Waals surface area (Å²) in [6.45, 7) is 8.00. The van der Waals surface area contributed by atoms with Crippen LogP contribution in [0.4, 0.5) is 5.69 Å². The van der Waals surface area contributed by atoms with Crippen LogP contribution >= 0.6 is 23.1 Å². The molecule has 0 atom stereocenters. The first-order chi connectivity index (χ1) is 16.0. The highest BCUT2D eigenvalue weighted by Gasteiger charge is 2.17. The van der Waals surface area contributed by atoms with Crippen molar-refractivity contribution in [1.29, 1.82) is 0 Å². The molecule has 0 bridgehead atoms. The summed E-state index contributed by atoms with van der Waals surface area (Å²) in [6, 6.07) is 16.7. The predicted octanol–water partition coefficient (Wildman–Crippen LogP) is 5.78. The number of aromatic nitrogens is 2. The number of carbonyl (C=O) groups is 1. The Hall–Kier alpha value is -3.36. The number of hydrogen-bond acceptors (Lipinski definition) is 6. The van der Waals surface area contributed by atoms with Gasteiger partial charge >= 0.3 is 0 Å². The van der Waals surface area contributed by atoms with Gasteiger partial charge in [0.1, 0.15) is 16.3 Å². The van der Waals surface area contributed by atoms with Crippen LogP contribution in [0.1, 0.15) is 10.4 Å². The molecule has 33 heavy (non-hydrogen) atoms. The van der Waals surface area contributed by atoms with Crippen molar-refractivity contribution in [3.05, 3.63) is 88.0 Å². The maximum Gasteiger partial charge on any atom is 0.263 e. The third-order valence-corrected chi connectivity index (χ3v) is 7.09. The number of ether oxygens (including phenoxy) is 1. The quantitative estimate of drug-likeness (QED) is 0.198. The number of nitrogens with one attached hydrogen (secondary N) is 1. The maximum atomic E-state index is 13.0. The van der Waals surface area contributed by atoms with Crippen molar-refractivity contribution < 1.29 is 9.53 Å². The first-order valence-corrected chi connectivity index (χ1v) is 12.1. The topological polar surface area (TPSA) is 73.2 Å². The third-order valence-electron chi connectivity index (χ3n) is 5.01. The average molecular weight is 478 g/mol. The Balaban J connectivity index is 1.44. The number of para-hydroxylation sites is 1. The number of thioether (sulfide) groups is 1. The number of carbonyl (C=O) groups excluding carboxylic acids is 1. The van der Waals surface area contributed by atoms with Gasteiger partial charge in [0, 0.05) is 17.1 Å². The molecule has 0 aliphatic heterocycles. The van der Waals surface area contributed by atoms with Crippen molar-refractivity contribution >= 4 is 44.9 Å². The monoisotopic (exact) mass is 477 g/mol. The highest BCUT2D eigenvalue weighted by molar-refractivity contribution is 7.99. The number of amides is 1. The van der Waals surface area contributed by atoms with Gasteiger partial charge in [-0.05, 0) is 55.8 Å². The van der Waals surface area contributed by atoms with Crippen LogP contribution in [-0.4, -0.2) is 21.2 Å². The fraction of sp³-hybridized carbons (Fsp3) is 0.160. The second-order valence-electron chi connectivity index (χ2n) is 7.34. The third kappa shape index (κ3) is 5.18. The van der Waals surface area contributed by atoms with Crippen molar-refractivity contribution in [2.75, 3.05) is 11.1 Å². The van der Waals surface area contributed by atoms with Gasteiger partial charge < -0.3 is 10.1 Å². The van der Waals surface area contributed by atoms with E-state index in [1.165, 1.54) is 23.1 Å². The lowest BCUT2D eigenvalue weighted by molar-refractivity contribution is -0.113. The summed E-state index contributed by atoms with van der Waals surface area (Å²) in [5.41, 5.74) is 1.52. The van der Waals surface area contributed by atoms with Crippen molar-refractivity contribution in [2.24, 2.45) is 0 Å². The molecule has 0 fully saturated rings. The van der Waals surface area contributed by atoms with Crippen molar-refractivity contribution in [3.8, 4) is 11.5 Å². The van der Waals surface area contributed by atoms with E-state index in [0.29, 0.717) is 33.4 Å². The first-order valence-electron chi connectivity index (χ1n) is 10.3. The largest absolute Gasteiger partial charge is 0.457 e. The smallest absolute Gasteiger partial charge is 0.263 e. The van der Waals surface area contributed by atoms with Crippen LogP contribution in [0.15, 0.2) is 77.2 Å². The normalized spacial score (nSPS) is 10.8. The number of nitrogens with zero attached hydrogens (tertiary/aromatic N) is 2. The van der Waals surface area contributed by atoms with E-state index >= 15 is 0 Å². The number of thiophene rings is 1. The molecule has 6 nitrogen and oxygen atoms in total. The lowest BCUT2D eigenvalue weighted by atomic mass is 10.2. The summed E-state index contributed by atoms with van der Waals surface area (Å²) in [5.74, 6) is 1.37. The number of allylic oxidation sites excluding steroid dienone is 1. The summed E-state index contributed by atoms with van der Waals surface area (Å²) in [4.78, 5) is 32.0. The van der Waals surface area contributed by atoms with Crippen molar-refractivity contribution in [3.63, 3.8) is 0 Å². The van der Waals surface area contributed by atoms with Gasteiger partial charge in [0.05, 0.1) is 11.1 Å². The van der Waals surface area contributed by atoms with Crippen molar-refractivity contribution in [2.45, 2.75) is 25.5 Å². The maximum absolute atomic E-state index is 13.0. The zero-order chi connectivity index (χ0) is 23.4. The van der Waals surface area contributed by atoms with Gasteiger partial charge in [0.2, 0.25) is 5.91 Å². The molecule has 0 radical (unpaired) electrons. The molecule has 0 saturated carbocycles. The van der Waals surface area contributed by atoms with E-state index < -0.39 is 0 Å². The van der Waals surface area contributed by atoms with E-state index in [1.807, 2.05) is 44.2 Å². The van der Waals surface area contributed by atoms with Gasteiger partial charge in [-0.2, -0.15) is 0 Å². The molecule has 0 aliphatic carbocycles. The average Bonchev–Trinajstić information content (AvgIpc) is 3.10. The van der Waals surface area contributed by atoms with Gasteiger partial charge in [-0.1, -0.05) is 36.0 Å². The Morgan fingerprint density at radius 1 is 1.15 bits per heavy atom. The zero-order valence-corrected chi connectivity index (χ0v) is 20.0. The van der Waals surface area contributed by atoms with E-state index in [0.717, 1.165) is 16.2 Å². The molecule has 2 aromatic heterocycles. The molecule has 0 saturated heterocycles. The molecule has 2 heterocycles. The Kier molecular flexibility index (Phi) is 6.96. The predicted molar refractivity (Wildman–Crippen MR) is 136 cm³/mol. The number of rotatable bonds is 8. The van der Waals surface area contributed by atoms with Gasteiger partial charge in [0.25, 0.3) is 5.56 Å². The van der Waals surface area contributed by atoms with E-state index in [9.17, 15) is 9.59 Å². The van der Waals surface area contributed by atoms with Crippen LogP contribution in [-0.2, 0) is 11.3 Å². The molecule has 0 unspecified atom stereocenters. The number of hydrogen-bond donors (Lipinski definition) is 1. The Morgan fingerprint density at radius 3 is 2.55 bits per heavy atom. The SMILES string of the molecule is C=CCn1c(SCC(=O)Nc2ccc(Oc3ccccc3)cc2)nc2sc(C)c(C)c2c1=O. The molecule has 4 aromatic rings.